The number of halogens is 2. The largest absolute Gasteiger partial charge is 0.347 e. The Morgan fingerprint density at radius 1 is 1.28 bits per heavy atom. The van der Waals surface area contributed by atoms with E-state index in [0.717, 1.165) is 0 Å². The summed E-state index contributed by atoms with van der Waals surface area (Å²) in [6.45, 7) is 4.11. The topological polar surface area (TPSA) is 78.5 Å². The van der Waals surface area contributed by atoms with Gasteiger partial charge in [0.05, 0.1) is 10.0 Å². The van der Waals surface area contributed by atoms with Gasteiger partial charge in [-0.15, -0.1) is 0 Å². The van der Waals surface area contributed by atoms with E-state index in [1.54, 1.807) is 17.0 Å². The van der Waals surface area contributed by atoms with Crippen LogP contribution in [0.1, 0.15) is 30.6 Å². The van der Waals surface area contributed by atoms with E-state index in [2.05, 4.69) is 10.6 Å². The molecule has 2 aliphatic rings. The minimum Gasteiger partial charge on any atom is -0.347 e. The quantitative estimate of drug-likeness (QED) is 0.835. The number of hydrogen-bond donors (Lipinski definition) is 2. The lowest BCUT2D eigenvalue weighted by Crippen LogP contribution is -2.62. The third-order valence-corrected chi connectivity index (χ3v) is 5.37. The molecule has 1 aromatic carbocycles. The lowest BCUT2D eigenvalue weighted by atomic mass is 9.98. The van der Waals surface area contributed by atoms with E-state index in [4.69, 9.17) is 23.2 Å². The molecule has 0 unspecified atom stereocenters. The maximum atomic E-state index is 12.5. The Bertz CT molecular complexity index is 738. The molecule has 2 heterocycles. The van der Waals surface area contributed by atoms with Gasteiger partial charge in [0.25, 0.3) is 5.91 Å². The van der Waals surface area contributed by atoms with E-state index >= 15 is 0 Å². The number of carbonyl (C=O) groups is 3. The fraction of sp³-hybridized carbons (Fsp3) is 0.471. The highest BCUT2D eigenvalue weighted by Crippen LogP contribution is 2.26. The van der Waals surface area contributed by atoms with E-state index in [1.165, 1.54) is 6.07 Å². The predicted molar refractivity (Wildman–Crippen MR) is 94.6 cm³/mol. The third kappa shape index (κ3) is 3.46. The van der Waals surface area contributed by atoms with Crippen LogP contribution in [0.2, 0.25) is 10.0 Å². The summed E-state index contributed by atoms with van der Waals surface area (Å²) >= 11 is 11.8. The van der Waals surface area contributed by atoms with Gasteiger partial charge in [-0.1, -0.05) is 37.0 Å². The zero-order valence-corrected chi connectivity index (χ0v) is 15.4. The molecular formula is C17H19Cl2N3O3. The highest BCUT2D eigenvalue weighted by atomic mass is 35.5. The molecule has 25 heavy (non-hydrogen) atoms. The van der Waals surface area contributed by atoms with Crippen molar-refractivity contribution in [2.24, 2.45) is 5.92 Å². The van der Waals surface area contributed by atoms with Crippen LogP contribution in [0.4, 0.5) is 0 Å². The average molecular weight is 384 g/mol. The van der Waals surface area contributed by atoms with E-state index < -0.39 is 12.1 Å². The van der Waals surface area contributed by atoms with Crippen LogP contribution in [0.5, 0.6) is 0 Å². The number of benzene rings is 1. The zero-order valence-electron chi connectivity index (χ0n) is 13.9. The first kappa shape index (κ1) is 18.0. The molecule has 0 bridgehead atoms. The van der Waals surface area contributed by atoms with Gasteiger partial charge in [0.15, 0.2) is 0 Å². The Labute approximate surface area is 155 Å². The van der Waals surface area contributed by atoms with Gasteiger partial charge in [0.2, 0.25) is 11.8 Å². The summed E-state index contributed by atoms with van der Waals surface area (Å²) in [5, 5.41) is 6.32. The van der Waals surface area contributed by atoms with Gasteiger partial charge in [-0.3, -0.25) is 14.4 Å². The monoisotopic (exact) mass is 383 g/mol. The number of carbonyl (C=O) groups excluding carboxylic acids is 3. The molecule has 0 aromatic heterocycles. The maximum Gasteiger partial charge on any atom is 0.251 e. The van der Waals surface area contributed by atoms with Gasteiger partial charge in [-0.05, 0) is 30.5 Å². The van der Waals surface area contributed by atoms with Crippen molar-refractivity contribution in [2.75, 3.05) is 6.54 Å². The molecule has 3 amide bonds. The standard InChI is InChI=1S/C17H19Cl2N3O3/c1-8(2)14-17(25)22-7-10(6-13(22)16(24)21-14)20-15(23)9-3-4-11(18)12(19)5-9/h3-5,8,10,13-14H,6-7H2,1-2H3,(H,20,23)(H,21,24)/t10-,13-,14-/m0/s1. The van der Waals surface area contributed by atoms with E-state index in [1.807, 2.05) is 13.8 Å². The van der Waals surface area contributed by atoms with Crippen LogP contribution in [0.25, 0.3) is 0 Å². The number of nitrogens with one attached hydrogen (secondary N) is 2. The van der Waals surface area contributed by atoms with Crippen LogP contribution in [0.3, 0.4) is 0 Å². The lowest BCUT2D eigenvalue weighted by Gasteiger charge is -2.36. The minimum atomic E-state index is -0.526. The zero-order chi connectivity index (χ0) is 18.3. The molecule has 2 N–H and O–H groups in total. The smallest absolute Gasteiger partial charge is 0.251 e. The van der Waals surface area contributed by atoms with Crippen molar-refractivity contribution in [1.29, 1.82) is 0 Å². The molecule has 3 atom stereocenters. The number of rotatable bonds is 3. The second kappa shape index (κ2) is 6.84. The number of fused-ring (bicyclic) bond motifs is 1. The third-order valence-electron chi connectivity index (χ3n) is 4.63. The Morgan fingerprint density at radius 2 is 2.00 bits per heavy atom. The van der Waals surface area contributed by atoms with Gasteiger partial charge in [-0.25, -0.2) is 0 Å². The fourth-order valence-electron chi connectivity index (χ4n) is 3.28. The SMILES string of the molecule is CC(C)[C@@H]1NC(=O)[C@@H]2C[C@H](NC(=O)c3ccc(Cl)c(Cl)c3)CN2C1=O. The van der Waals surface area contributed by atoms with E-state index in [0.29, 0.717) is 28.6 Å². The van der Waals surface area contributed by atoms with Crippen LogP contribution in [0, 0.1) is 5.92 Å². The van der Waals surface area contributed by atoms with E-state index in [9.17, 15) is 14.4 Å². The number of piperazine rings is 1. The molecule has 3 rings (SSSR count). The van der Waals surface area contributed by atoms with Gasteiger partial charge in [-0.2, -0.15) is 0 Å². The first-order valence-electron chi connectivity index (χ1n) is 8.14. The van der Waals surface area contributed by atoms with Crippen LogP contribution in [-0.2, 0) is 9.59 Å². The summed E-state index contributed by atoms with van der Waals surface area (Å²) in [7, 11) is 0. The molecule has 134 valence electrons. The number of nitrogens with zero attached hydrogens (tertiary/aromatic N) is 1. The molecule has 2 aliphatic heterocycles. The summed E-state index contributed by atoms with van der Waals surface area (Å²) in [6, 6.07) is 3.32. The second-order valence-electron chi connectivity index (χ2n) is 6.77. The highest BCUT2D eigenvalue weighted by molar-refractivity contribution is 6.42. The number of amides is 3. The molecule has 8 heteroatoms. The van der Waals surface area contributed by atoms with Crippen molar-refractivity contribution >= 4 is 40.9 Å². The van der Waals surface area contributed by atoms with Crippen molar-refractivity contribution in [1.82, 2.24) is 15.5 Å². The van der Waals surface area contributed by atoms with Gasteiger partial charge in [0.1, 0.15) is 12.1 Å². The maximum absolute atomic E-state index is 12.5. The molecule has 1 aromatic rings. The van der Waals surface area contributed by atoms with Crippen molar-refractivity contribution in [3.63, 3.8) is 0 Å². The van der Waals surface area contributed by atoms with Gasteiger partial charge >= 0.3 is 0 Å². The first-order valence-corrected chi connectivity index (χ1v) is 8.90. The average Bonchev–Trinajstić information content (AvgIpc) is 2.97. The molecule has 0 aliphatic carbocycles. The predicted octanol–water partition coefficient (Wildman–Crippen LogP) is 1.85. The molecule has 6 nitrogen and oxygen atoms in total. The molecule has 0 spiro atoms. The van der Waals surface area contributed by atoms with Crippen LogP contribution in [-0.4, -0.2) is 47.3 Å². The summed E-state index contributed by atoms with van der Waals surface area (Å²) < 4.78 is 0. The van der Waals surface area contributed by atoms with E-state index in [-0.39, 0.29) is 29.7 Å². The fourth-order valence-corrected chi connectivity index (χ4v) is 3.58. The van der Waals surface area contributed by atoms with Gasteiger partial charge < -0.3 is 15.5 Å². The molecule has 2 saturated heterocycles. The second-order valence-corrected chi connectivity index (χ2v) is 7.59. The molecule has 0 saturated carbocycles. The Kier molecular flexibility index (Phi) is 4.93. The van der Waals surface area contributed by atoms with Crippen LogP contribution in [0.15, 0.2) is 18.2 Å². The molecule has 2 fully saturated rings. The highest BCUT2D eigenvalue weighted by Gasteiger charge is 2.47. The Morgan fingerprint density at radius 3 is 2.64 bits per heavy atom. The number of hydrogen-bond acceptors (Lipinski definition) is 3. The molecular weight excluding hydrogens is 365 g/mol. The Hall–Kier alpha value is -1.79. The first-order chi connectivity index (χ1) is 11.8. The lowest BCUT2D eigenvalue weighted by molar-refractivity contribution is -0.148. The van der Waals surface area contributed by atoms with Crippen LogP contribution >= 0.6 is 23.2 Å². The minimum absolute atomic E-state index is 0.0160. The van der Waals surface area contributed by atoms with Crippen molar-refractivity contribution in [3.8, 4) is 0 Å². The van der Waals surface area contributed by atoms with Gasteiger partial charge in [0, 0.05) is 18.2 Å². The summed E-state index contributed by atoms with van der Waals surface area (Å²) in [5.74, 6) is -0.547. The van der Waals surface area contributed by atoms with Crippen LogP contribution < -0.4 is 10.6 Å². The van der Waals surface area contributed by atoms with Crippen molar-refractivity contribution in [2.45, 2.75) is 38.4 Å². The summed E-state index contributed by atoms with van der Waals surface area (Å²) in [4.78, 5) is 38.8. The van der Waals surface area contributed by atoms with Crippen molar-refractivity contribution in [3.05, 3.63) is 33.8 Å². The molecule has 0 radical (unpaired) electrons. The van der Waals surface area contributed by atoms with Crippen molar-refractivity contribution < 1.29 is 14.4 Å². The summed E-state index contributed by atoms with van der Waals surface area (Å²) in [6.07, 6.45) is 0.398. The summed E-state index contributed by atoms with van der Waals surface area (Å²) in [5.41, 5.74) is 0.384. The normalized spacial score (nSPS) is 25.8. The Balaban J connectivity index is 1.70.